The summed E-state index contributed by atoms with van der Waals surface area (Å²) in [5.74, 6) is 1.08. The van der Waals surface area contributed by atoms with Crippen molar-refractivity contribution in [3.63, 3.8) is 0 Å². The van der Waals surface area contributed by atoms with Crippen LogP contribution in [0.3, 0.4) is 0 Å². The van der Waals surface area contributed by atoms with Gasteiger partial charge in [0.1, 0.15) is 12.0 Å². The third-order valence-electron chi connectivity index (χ3n) is 2.09. The van der Waals surface area contributed by atoms with Gasteiger partial charge in [-0.25, -0.2) is 4.98 Å². The molecule has 0 saturated heterocycles. The molecule has 1 aromatic heterocycles. The summed E-state index contributed by atoms with van der Waals surface area (Å²) in [6.07, 6.45) is 3.52. The predicted octanol–water partition coefficient (Wildman–Crippen LogP) is 1.62. The highest BCUT2D eigenvalue weighted by molar-refractivity contribution is 7.99. The Kier molecular flexibility index (Phi) is 5.18. The van der Waals surface area contributed by atoms with Crippen molar-refractivity contribution in [3.8, 4) is 5.88 Å². The van der Waals surface area contributed by atoms with Gasteiger partial charge in [-0.1, -0.05) is 6.92 Å². The lowest BCUT2D eigenvalue weighted by molar-refractivity contribution is 0.328. The number of anilines is 2. The number of rotatable bonds is 6. The number of hydrogen-bond donors (Lipinski definition) is 2. The number of nitrogens with two attached hydrogens (primary N) is 1. The lowest BCUT2D eigenvalue weighted by Crippen LogP contribution is -2.15. The second-order valence-electron chi connectivity index (χ2n) is 3.30. The van der Waals surface area contributed by atoms with Crippen molar-refractivity contribution in [2.24, 2.45) is 0 Å². The predicted molar refractivity (Wildman–Crippen MR) is 69.1 cm³/mol. The summed E-state index contributed by atoms with van der Waals surface area (Å²) in [7, 11) is 0. The van der Waals surface area contributed by atoms with E-state index in [4.69, 9.17) is 10.5 Å². The van der Waals surface area contributed by atoms with Gasteiger partial charge in [-0.05, 0) is 13.2 Å². The van der Waals surface area contributed by atoms with E-state index in [0.717, 1.165) is 6.54 Å². The molecule has 0 bridgehead atoms. The summed E-state index contributed by atoms with van der Waals surface area (Å²) in [5, 5.41) is 3.69. The van der Waals surface area contributed by atoms with E-state index in [2.05, 4.69) is 28.5 Å². The molecular formula is C10H18N4OS. The lowest BCUT2D eigenvalue weighted by Gasteiger charge is -2.13. The third kappa shape index (κ3) is 3.44. The largest absolute Gasteiger partial charge is 0.476 e. The van der Waals surface area contributed by atoms with Gasteiger partial charge < -0.3 is 15.8 Å². The van der Waals surface area contributed by atoms with Gasteiger partial charge in [0.05, 0.1) is 6.61 Å². The van der Waals surface area contributed by atoms with Gasteiger partial charge in [0.15, 0.2) is 5.82 Å². The molecule has 0 radical (unpaired) electrons. The minimum absolute atomic E-state index is 0.441. The quantitative estimate of drug-likeness (QED) is 0.789. The topological polar surface area (TPSA) is 73.1 Å². The average Bonchev–Trinajstić information content (AvgIpc) is 2.30. The Bertz CT molecular complexity index is 335. The molecule has 3 N–H and O–H groups in total. The number of nitrogens with one attached hydrogen (secondary N) is 1. The van der Waals surface area contributed by atoms with Gasteiger partial charge in [0, 0.05) is 11.8 Å². The Balaban J connectivity index is 2.69. The molecule has 0 saturated carbocycles. The van der Waals surface area contributed by atoms with Crippen molar-refractivity contribution in [2.45, 2.75) is 19.1 Å². The van der Waals surface area contributed by atoms with E-state index in [1.54, 1.807) is 11.8 Å². The molecule has 16 heavy (non-hydrogen) atoms. The van der Waals surface area contributed by atoms with Crippen molar-refractivity contribution in [2.75, 3.05) is 30.5 Å². The van der Waals surface area contributed by atoms with Crippen molar-refractivity contribution >= 4 is 23.3 Å². The fraction of sp³-hybridized carbons (Fsp3) is 0.600. The summed E-state index contributed by atoms with van der Waals surface area (Å²) in [5.41, 5.74) is 6.35. The summed E-state index contributed by atoms with van der Waals surface area (Å²) in [6, 6.07) is 0. The van der Waals surface area contributed by atoms with Crippen molar-refractivity contribution in [1.82, 2.24) is 9.97 Å². The molecule has 1 atom stereocenters. The molecule has 6 heteroatoms. The molecule has 0 aliphatic rings. The first-order chi connectivity index (χ1) is 7.69. The fourth-order valence-corrected chi connectivity index (χ4v) is 1.35. The van der Waals surface area contributed by atoms with Crippen LogP contribution in [0.4, 0.5) is 11.5 Å². The molecule has 0 aliphatic carbocycles. The van der Waals surface area contributed by atoms with E-state index in [0.29, 0.717) is 29.2 Å². The smallest absolute Gasteiger partial charge is 0.242 e. The summed E-state index contributed by atoms with van der Waals surface area (Å²) >= 11 is 1.79. The Morgan fingerprint density at radius 2 is 2.31 bits per heavy atom. The van der Waals surface area contributed by atoms with E-state index in [1.807, 2.05) is 6.92 Å². The maximum Gasteiger partial charge on any atom is 0.242 e. The van der Waals surface area contributed by atoms with Crippen molar-refractivity contribution in [3.05, 3.63) is 6.33 Å². The Hall–Kier alpha value is -1.17. The molecule has 0 spiro atoms. The summed E-state index contributed by atoms with van der Waals surface area (Å²) in [6.45, 7) is 5.39. The van der Waals surface area contributed by atoms with Gasteiger partial charge >= 0.3 is 0 Å². The number of nitrogen functional groups attached to an aromatic ring is 1. The van der Waals surface area contributed by atoms with Crippen molar-refractivity contribution in [1.29, 1.82) is 0 Å². The van der Waals surface area contributed by atoms with Crippen molar-refractivity contribution < 1.29 is 4.74 Å². The second-order valence-corrected chi connectivity index (χ2v) is 4.58. The Labute approximate surface area is 100 Å². The summed E-state index contributed by atoms with van der Waals surface area (Å²) in [4.78, 5) is 8.06. The van der Waals surface area contributed by atoms with Gasteiger partial charge in [-0.2, -0.15) is 16.7 Å². The molecule has 0 aromatic carbocycles. The highest BCUT2D eigenvalue weighted by atomic mass is 32.2. The van der Waals surface area contributed by atoms with Crippen LogP contribution in [0.1, 0.15) is 13.8 Å². The minimum Gasteiger partial charge on any atom is -0.476 e. The number of aromatic nitrogens is 2. The van der Waals surface area contributed by atoms with Crippen LogP contribution in [0.2, 0.25) is 0 Å². The van der Waals surface area contributed by atoms with E-state index in [1.165, 1.54) is 6.33 Å². The number of thioether (sulfide) groups is 1. The first-order valence-corrected chi connectivity index (χ1v) is 6.47. The average molecular weight is 242 g/mol. The lowest BCUT2D eigenvalue weighted by atomic mass is 10.4. The molecule has 0 fully saturated rings. The van der Waals surface area contributed by atoms with Crippen LogP contribution in [0.15, 0.2) is 6.33 Å². The number of ether oxygens (including phenoxy) is 1. The van der Waals surface area contributed by atoms with Crippen LogP contribution in [0, 0.1) is 0 Å². The highest BCUT2D eigenvalue weighted by Crippen LogP contribution is 2.24. The van der Waals surface area contributed by atoms with E-state index in [-0.39, 0.29) is 0 Å². The third-order valence-corrected chi connectivity index (χ3v) is 3.06. The van der Waals surface area contributed by atoms with Crippen LogP contribution < -0.4 is 15.8 Å². The molecule has 1 rings (SSSR count). The molecule has 0 aliphatic heterocycles. The van der Waals surface area contributed by atoms with Crippen LogP contribution >= 0.6 is 11.8 Å². The van der Waals surface area contributed by atoms with E-state index in [9.17, 15) is 0 Å². The number of nitrogens with zero attached hydrogens (tertiary/aromatic N) is 2. The zero-order chi connectivity index (χ0) is 12.0. The fourth-order valence-electron chi connectivity index (χ4n) is 1.10. The van der Waals surface area contributed by atoms with E-state index < -0.39 is 0 Å². The molecule has 0 amide bonds. The van der Waals surface area contributed by atoms with Gasteiger partial charge in [-0.3, -0.25) is 0 Å². The Morgan fingerprint density at radius 1 is 1.56 bits per heavy atom. The summed E-state index contributed by atoms with van der Waals surface area (Å²) < 4.78 is 5.29. The maximum absolute atomic E-state index is 5.88. The maximum atomic E-state index is 5.88. The molecule has 5 nitrogen and oxygen atoms in total. The van der Waals surface area contributed by atoms with Gasteiger partial charge in [0.2, 0.25) is 5.88 Å². The molecule has 90 valence electrons. The molecular weight excluding hydrogens is 224 g/mol. The van der Waals surface area contributed by atoms with Gasteiger partial charge in [0.25, 0.3) is 0 Å². The Morgan fingerprint density at radius 3 is 2.94 bits per heavy atom. The first kappa shape index (κ1) is 12.9. The minimum atomic E-state index is 0.441. The molecule has 1 heterocycles. The van der Waals surface area contributed by atoms with Crippen LogP contribution in [-0.2, 0) is 0 Å². The molecule has 1 unspecified atom stereocenters. The second kappa shape index (κ2) is 6.42. The van der Waals surface area contributed by atoms with Gasteiger partial charge in [-0.15, -0.1) is 0 Å². The zero-order valence-electron chi connectivity index (χ0n) is 9.86. The normalized spacial score (nSPS) is 12.2. The van der Waals surface area contributed by atoms with E-state index >= 15 is 0 Å². The number of hydrogen-bond acceptors (Lipinski definition) is 6. The van der Waals surface area contributed by atoms with Crippen LogP contribution in [0.25, 0.3) is 0 Å². The SMILES string of the molecule is CCOc1ncnc(NCC(C)SC)c1N. The first-order valence-electron chi connectivity index (χ1n) is 5.19. The zero-order valence-corrected chi connectivity index (χ0v) is 10.7. The molecule has 1 aromatic rings. The van der Waals surface area contributed by atoms with Crippen LogP contribution in [0.5, 0.6) is 5.88 Å². The van der Waals surface area contributed by atoms with Crippen LogP contribution in [-0.4, -0.2) is 34.6 Å². The highest BCUT2D eigenvalue weighted by Gasteiger charge is 2.09. The monoisotopic (exact) mass is 242 g/mol. The standard InChI is InChI=1S/C10H18N4OS/c1-4-15-10-8(11)9(13-6-14-10)12-5-7(2)16-3/h6-7H,4-5,11H2,1-3H3,(H,12,13,14).